The van der Waals surface area contributed by atoms with Crippen molar-refractivity contribution in [2.24, 2.45) is 17.8 Å². The van der Waals surface area contributed by atoms with Gasteiger partial charge in [-0.05, 0) is 24.3 Å². The van der Waals surface area contributed by atoms with Crippen LogP contribution in [0.4, 0.5) is 0 Å². The van der Waals surface area contributed by atoms with E-state index in [1.807, 2.05) is 6.08 Å². The summed E-state index contributed by atoms with van der Waals surface area (Å²) in [7, 11) is 0. The Morgan fingerprint density at radius 3 is 2.00 bits per heavy atom. The Morgan fingerprint density at radius 1 is 1.00 bits per heavy atom. The average molecular weight is 212 g/mol. The van der Waals surface area contributed by atoms with Crippen molar-refractivity contribution in [3.05, 3.63) is 12.7 Å². The first-order valence-corrected chi connectivity index (χ1v) is 6.12. The Kier molecular flexibility index (Phi) is 8.73. The van der Waals surface area contributed by atoms with Crippen LogP contribution in [0.2, 0.25) is 0 Å². The summed E-state index contributed by atoms with van der Waals surface area (Å²) in [5.41, 5.74) is 0. The standard InChI is InChI=1S/C13H28N2/c1-6-7-14-8-9-15-10-13(11(2)3)12(4)5/h6,11-15H,1,7-10H2,2-5H3. The van der Waals surface area contributed by atoms with Gasteiger partial charge in [-0.25, -0.2) is 0 Å². The number of hydrogen-bond donors (Lipinski definition) is 2. The molecule has 15 heavy (non-hydrogen) atoms. The van der Waals surface area contributed by atoms with Crippen molar-refractivity contribution in [2.45, 2.75) is 27.7 Å². The molecule has 0 rings (SSSR count). The van der Waals surface area contributed by atoms with Crippen molar-refractivity contribution in [1.82, 2.24) is 10.6 Å². The molecule has 0 aromatic rings. The predicted molar refractivity (Wildman–Crippen MR) is 69.1 cm³/mol. The molecule has 0 unspecified atom stereocenters. The molecule has 0 spiro atoms. The Balaban J connectivity index is 3.50. The Morgan fingerprint density at radius 2 is 1.53 bits per heavy atom. The monoisotopic (exact) mass is 212 g/mol. The first kappa shape index (κ1) is 14.7. The van der Waals surface area contributed by atoms with Crippen molar-refractivity contribution in [3.63, 3.8) is 0 Å². The zero-order chi connectivity index (χ0) is 11.7. The minimum absolute atomic E-state index is 0.763. The Labute approximate surface area is 95.5 Å². The van der Waals surface area contributed by atoms with Crippen molar-refractivity contribution in [2.75, 3.05) is 26.2 Å². The minimum atomic E-state index is 0.763. The highest BCUT2D eigenvalue weighted by atomic mass is 14.9. The molecule has 0 aliphatic carbocycles. The molecule has 0 saturated heterocycles. The topological polar surface area (TPSA) is 24.1 Å². The fourth-order valence-corrected chi connectivity index (χ4v) is 1.89. The lowest BCUT2D eigenvalue weighted by Crippen LogP contribution is -2.34. The van der Waals surface area contributed by atoms with E-state index in [0.717, 1.165) is 43.9 Å². The lowest BCUT2D eigenvalue weighted by Gasteiger charge is -2.25. The second-order valence-electron chi connectivity index (χ2n) is 4.85. The molecule has 0 radical (unpaired) electrons. The molecule has 0 aliphatic heterocycles. The Bertz CT molecular complexity index is 145. The van der Waals surface area contributed by atoms with Crippen LogP contribution in [0.15, 0.2) is 12.7 Å². The van der Waals surface area contributed by atoms with Gasteiger partial charge in [0.25, 0.3) is 0 Å². The maximum Gasteiger partial charge on any atom is 0.0132 e. The third-order valence-electron chi connectivity index (χ3n) is 2.86. The minimum Gasteiger partial charge on any atom is -0.315 e. The molecule has 90 valence electrons. The van der Waals surface area contributed by atoms with Gasteiger partial charge < -0.3 is 10.6 Å². The highest BCUT2D eigenvalue weighted by molar-refractivity contribution is 4.71. The zero-order valence-electron chi connectivity index (χ0n) is 10.8. The van der Waals surface area contributed by atoms with E-state index in [1.54, 1.807) is 0 Å². The van der Waals surface area contributed by atoms with Crippen molar-refractivity contribution in [3.8, 4) is 0 Å². The molecule has 2 N–H and O–H groups in total. The lowest BCUT2D eigenvalue weighted by molar-refractivity contribution is 0.276. The Hall–Kier alpha value is -0.340. The highest BCUT2D eigenvalue weighted by Crippen LogP contribution is 2.19. The SMILES string of the molecule is C=CCNCCNCC(C(C)C)C(C)C. The van der Waals surface area contributed by atoms with Gasteiger partial charge in [-0.2, -0.15) is 0 Å². The van der Waals surface area contributed by atoms with E-state index in [4.69, 9.17) is 0 Å². The van der Waals surface area contributed by atoms with E-state index in [0.29, 0.717) is 0 Å². The molecule has 0 atom stereocenters. The highest BCUT2D eigenvalue weighted by Gasteiger charge is 2.16. The van der Waals surface area contributed by atoms with Crippen LogP contribution in [0, 0.1) is 17.8 Å². The first-order chi connectivity index (χ1) is 7.09. The van der Waals surface area contributed by atoms with Crippen molar-refractivity contribution < 1.29 is 0 Å². The van der Waals surface area contributed by atoms with Crippen LogP contribution in [-0.2, 0) is 0 Å². The summed E-state index contributed by atoms with van der Waals surface area (Å²) in [5.74, 6) is 2.31. The number of rotatable bonds is 9. The second kappa shape index (κ2) is 8.93. The van der Waals surface area contributed by atoms with Gasteiger partial charge in [0, 0.05) is 19.6 Å². The van der Waals surface area contributed by atoms with Gasteiger partial charge in [-0.3, -0.25) is 0 Å². The molecule has 2 nitrogen and oxygen atoms in total. The van der Waals surface area contributed by atoms with Crippen molar-refractivity contribution in [1.29, 1.82) is 0 Å². The molecule has 0 fully saturated rings. The summed E-state index contributed by atoms with van der Waals surface area (Å²) in [6.07, 6.45) is 1.89. The quantitative estimate of drug-likeness (QED) is 0.452. The van der Waals surface area contributed by atoms with Gasteiger partial charge in [-0.1, -0.05) is 33.8 Å². The van der Waals surface area contributed by atoms with Crippen LogP contribution in [-0.4, -0.2) is 26.2 Å². The van der Waals surface area contributed by atoms with Crippen LogP contribution in [0.3, 0.4) is 0 Å². The molecule has 0 aromatic carbocycles. The molecular weight excluding hydrogens is 184 g/mol. The molecule has 0 amide bonds. The molecule has 0 aromatic heterocycles. The molecule has 0 bridgehead atoms. The van der Waals surface area contributed by atoms with E-state index in [9.17, 15) is 0 Å². The van der Waals surface area contributed by atoms with Crippen LogP contribution in [0.1, 0.15) is 27.7 Å². The van der Waals surface area contributed by atoms with E-state index in [1.165, 1.54) is 0 Å². The number of nitrogens with one attached hydrogen (secondary N) is 2. The van der Waals surface area contributed by atoms with Gasteiger partial charge >= 0.3 is 0 Å². The second-order valence-corrected chi connectivity index (χ2v) is 4.85. The van der Waals surface area contributed by atoms with Crippen LogP contribution in [0.25, 0.3) is 0 Å². The molecule has 0 aliphatic rings. The first-order valence-electron chi connectivity index (χ1n) is 6.12. The van der Waals surface area contributed by atoms with Crippen LogP contribution in [0.5, 0.6) is 0 Å². The summed E-state index contributed by atoms with van der Waals surface area (Å²) in [4.78, 5) is 0. The third kappa shape index (κ3) is 7.57. The summed E-state index contributed by atoms with van der Waals surface area (Å²) >= 11 is 0. The fraction of sp³-hybridized carbons (Fsp3) is 0.846. The lowest BCUT2D eigenvalue weighted by atomic mass is 9.85. The van der Waals surface area contributed by atoms with E-state index < -0.39 is 0 Å². The summed E-state index contributed by atoms with van der Waals surface area (Å²) in [5, 5.41) is 6.80. The van der Waals surface area contributed by atoms with E-state index >= 15 is 0 Å². The van der Waals surface area contributed by atoms with Gasteiger partial charge in [0.1, 0.15) is 0 Å². The smallest absolute Gasteiger partial charge is 0.0132 e. The predicted octanol–water partition coefficient (Wildman–Crippen LogP) is 2.28. The largest absolute Gasteiger partial charge is 0.315 e. The van der Waals surface area contributed by atoms with E-state index in [2.05, 4.69) is 44.9 Å². The zero-order valence-corrected chi connectivity index (χ0v) is 10.8. The summed E-state index contributed by atoms with van der Waals surface area (Å²) in [6, 6.07) is 0. The maximum atomic E-state index is 3.67. The van der Waals surface area contributed by atoms with Crippen LogP contribution < -0.4 is 10.6 Å². The molecule has 0 heterocycles. The summed E-state index contributed by atoms with van der Waals surface area (Å²) < 4.78 is 0. The van der Waals surface area contributed by atoms with Gasteiger partial charge in [0.05, 0.1) is 0 Å². The van der Waals surface area contributed by atoms with Crippen molar-refractivity contribution >= 4 is 0 Å². The maximum absolute atomic E-state index is 3.67. The van der Waals surface area contributed by atoms with Gasteiger partial charge in [-0.15, -0.1) is 6.58 Å². The van der Waals surface area contributed by atoms with E-state index in [-0.39, 0.29) is 0 Å². The molecule has 0 saturated carbocycles. The average Bonchev–Trinajstić information content (AvgIpc) is 2.15. The van der Waals surface area contributed by atoms with Crippen LogP contribution >= 0.6 is 0 Å². The third-order valence-corrected chi connectivity index (χ3v) is 2.86. The number of hydrogen-bond acceptors (Lipinski definition) is 2. The molecule has 2 heteroatoms. The van der Waals surface area contributed by atoms with Gasteiger partial charge in [0.2, 0.25) is 0 Å². The fourth-order valence-electron chi connectivity index (χ4n) is 1.89. The van der Waals surface area contributed by atoms with Gasteiger partial charge in [0.15, 0.2) is 0 Å². The normalized spacial score (nSPS) is 11.7. The molecular formula is C13H28N2. The summed E-state index contributed by atoms with van der Waals surface area (Å²) in [6.45, 7) is 17.0.